The molecule has 2 N–H and O–H groups in total. The SMILES string of the molecule is O=C(NCC1CCCN(C(=O)C2CCCNC2)C1)c1ccccc1. The molecule has 1 aromatic rings. The Kier molecular flexibility index (Phi) is 5.86. The van der Waals surface area contributed by atoms with Gasteiger partial charge in [-0.1, -0.05) is 18.2 Å². The molecule has 5 nitrogen and oxygen atoms in total. The van der Waals surface area contributed by atoms with Crippen molar-refractivity contribution in [2.45, 2.75) is 25.7 Å². The molecule has 2 heterocycles. The lowest BCUT2D eigenvalue weighted by Gasteiger charge is -2.36. The molecule has 5 heteroatoms. The fourth-order valence-corrected chi connectivity index (χ4v) is 3.68. The summed E-state index contributed by atoms with van der Waals surface area (Å²) in [5.41, 5.74) is 0.689. The summed E-state index contributed by atoms with van der Waals surface area (Å²) in [6, 6.07) is 9.29. The van der Waals surface area contributed by atoms with Crippen LogP contribution in [0.5, 0.6) is 0 Å². The Bertz CT molecular complexity index is 555. The first-order chi connectivity index (χ1) is 11.7. The Balaban J connectivity index is 1.48. The highest BCUT2D eigenvalue weighted by molar-refractivity contribution is 5.94. The number of carbonyl (C=O) groups is 2. The second kappa shape index (κ2) is 8.29. The molecule has 2 saturated heterocycles. The zero-order valence-electron chi connectivity index (χ0n) is 14.2. The van der Waals surface area contributed by atoms with Crippen LogP contribution in [0.1, 0.15) is 36.0 Å². The second-order valence-electron chi connectivity index (χ2n) is 6.91. The normalized spacial score (nSPS) is 24.4. The van der Waals surface area contributed by atoms with Crippen LogP contribution in [0.25, 0.3) is 0 Å². The van der Waals surface area contributed by atoms with Crippen molar-refractivity contribution in [2.24, 2.45) is 11.8 Å². The smallest absolute Gasteiger partial charge is 0.251 e. The average Bonchev–Trinajstić information content (AvgIpc) is 2.67. The highest BCUT2D eigenvalue weighted by atomic mass is 16.2. The number of hydrogen-bond acceptors (Lipinski definition) is 3. The van der Waals surface area contributed by atoms with Crippen LogP contribution < -0.4 is 10.6 Å². The van der Waals surface area contributed by atoms with Crippen molar-refractivity contribution in [1.29, 1.82) is 0 Å². The molecule has 2 amide bonds. The van der Waals surface area contributed by atoms with Crippen molar-refractivity contribution < 1.29 is 9.59 Å². The van der Waals surface area contributed by atoms with Gasteiger partial charge in [0.05, 0.1) is 5.92 Å². The van der Waals surface area contributed by atoms with Gasteiger partial charge in [0, 0.05) is 31.7 Å². The Morgan fingerprint density at radius 3 is 2.75 bits per heavy atom. The van der Waals surface area contributed by atoms with Crippen molar-refractivity contribution in [2.75, 3.05) is 32.7 Å². The van der Waals surface area contributed by atoms with Gasteiger partial charge in [-0.25, -0.2) is 0 Å². The molecule has 2 unspecified atom stereocenters. The Hall–Kier alpha value is -1.88. The van der Waals surface area contributed by atoms with E-state index in [0.29, 0.717) is 23.9 Å². The molecule has 130 valence electrons. The number of amides is 2. The Labute approximate surface area is 143 Å². The maximum absolute atomic E-state index is 12.7. The van der Waals surface area contributed by atoms with E-state index < -0.39 is 0 Å². The van der Waals surface area contributed by atoms with Gasteiger partial charge in [0.1, 0.15) is 0 Å². The van der Waals surface area contributed by atoms with Gasteiger partial charge in [-0.05, 0) is 50.3 Å². The summed E-state index contributed by atoms with van der Waals surface area (Å²) in [5, 5.41) is 6.34. The number of benzene rings is 1. The quantitative estimate of drug-likeness (QED) is 0.883. The summed E-state index contributed by atoms with van der Waals surface area (Å²) >= 11 is 0. The molecule has 0 spiro atoms. The lowest BCUT2D eigenvalue weighted by atomic mass is 9.93. The van der Waals surface area contributed by atoms with E-state index in [4.69, 9.17) is 0 Å². The highest BCUT2D eigenvalue weighted by Gasteiger charge is 2.29. The predicted octanol–water partition coefficient (Wildman–Crippen LogP) is 1.65. The van der Waals surface area contributed by atoms with Crippen LogP contribution in [0, 0.1) is 11.8 Å². The molecule has 24 heavy (non-hydrogen) atoms. The van der Waals surface area contributed by atoms with E-state index in [9.17, 15) is 9.59 Å². The topological polar surface area (TPSA) is 61.4 Å². The first-order valence-electron chi connectivity index (χ1n) is 9.07. The van der Waals surface area contributed by atoms with Crippen molar-refractivity contribution >= 4 is 11.8 Å². The van der Waals surface area contributed by atoms with Crippen LogP contribution in [0.4, 0.5) is 0 Å². The van der Waals surface area contributed by atoms with E-state index in [1.165, 1.54) is 0 Å². The van der Waals surface area contributed by atoms with Gasteiger partial charge in [-0.2, -0.15) is 0 Å². The van der Waals surface area contributed by atoms with E-state index in [1.54, 1.807) is 0 Å². The van der Waals surface area contributed by atoms with Crippen LogP contribution >= 0.6 is 0 Å². The summed E-state index contributed by atoms with van der Waals surface area (Å²) < 4.78 is 0. The van der Waals surface area contributed by atoms with Gasteiger partial charge >= 0.3 is 0 Å². The third-order valence-corrected chi connectivity index (χ3v) is 5.06. The summed E-state index contributed by atoms with van der Waals surface area (Å²) in [5.74, 6) is 0.750. The average molecular weight is 329 g/mol. The second-order valence-corrected chi connectivity index (χ2v) is 6.91. The zero-order valence-corrected chi connectivity index (χ0v) is 14.2. The van der Waals surface area contributed by atoms with Gasteiger partial charge < -0.3 is 15.5 Å². The van der Waals surface area contributed by atoms with Crippen molar-refractivity contribution in [3.8, 4) is 0 Å². The molecular weight excluding hydrogens is 302 g/mol. The van der Waals surface area contributed by atoms with Gasteiger partial charge in [-0.15, -0.1) is 0 Å². The van der Waals surface area contributed by atoms with Crippen LogP contribution in [-0.4, -0.2) is 49.4 Å². The molecule has 0 saturated carbocycles. The van der Waals surface area contributed by atoms with Crippen molar-refractivity contribution in [3.05, 3.63) is 35.9 Å². The van der Waals surface area contributed by atoms with Crippen molar-refractivity contribution in [3.63, 3.8) is 0 Å². The molecule has 0 bridgehead atoms. The molecule has 0 radical (unpaired) electrons. The number of hydrogen-bond donors (Lipinski definition) is 2. The highest BCUT2D eigenvalue weighted by Crippen LogP contribution is 2.20. The third-order valence-electron chi connectivity index (χ3n) is 5.06. The molecule has 2 atom stereocenters. The van der Waals surface area contributed by atoms with Gasteiger partial charge in [0.25, 0.3) is 5.91 Å². The van der Waals surface area contributed by atoms with Crippen LogP contribution in [0.2, 0.25) is 0 Å². The van der Waals surface area contributed by atoms with E-state index in [1.807, 2.05) is 35.2 Å². The summed E-state index contributed by atoms with van der Waals surface area (Å²) in [4.78, 5) is 26.8. The minimum absolute atomic E-state index is 0.0319. The van der Waals surface area contributed by atoms with Crippen molar-refractivity contribution in [1.82, 2.24) is 15.5 Å². The summed E-state index contributed by atoms with van der Waals surface area (Å²) in [6.45, 7) is 4.10. The Morgan fingerprint density at radius 1 is 1.17 bits per heavy atom. The van der Waals surface area contributed by atoms with Gasteiger partial charge in [0.2, 0.25) is 5.91 Å². The van der Waals surface area contributed by atoms with Crippen LogP contribution in [0.15, 0.2) is 30.3 Å². The third kappa shape index (κ3) is 4.35. The largest absolute Gasteiger partial charge is 0.352 e. The molecule has 0 aromatic heterocycles. The Morgan fingerprint density at radius 2 is 2.00 bits per heavy atom. The van der Waals surface area contributed by atoms with E-state index >= 15 is 0 Å². The monoisotopic (exact) mass is 329 g/mol. The molecule has 3 rings (SSSR count). The number of carbonyl (C=O) groups excluding carboxylic acids is 2. The molecule has 2 fully saturated rings. The first-order valence-corrected chi connectivity index (χ1v) is 9.07. The standard InChI is InChI=1S/C19H27N3O2/c23-18(16-7-2-1-3-8-16)21-12-15-6-5-11-22(14-15)19(24)17-9-4-10-20-13-17/h1-3,7-8,15,17,20H,4-6,9-14H2,(H,21,23). The number of piperidine rings is 2. The van der Waals surface area contributed by atoms with Crippen LogP contribution in [-0.2, 0) is 4.79 Å². The predicted molar refractivity (Wildman–Crippen MR) is 93.7 cm³/mol. The van der Waals surface area contributed by atoms with Gasteiger partial charge in [-0.3, -0.25) is 9.59 Å². The minimum atomic E-state index is -0.0319. The maximum atomic E-state index is 12.7. The minimum Gasteiger partial charge on any atom is -0.352 e. The fourth-order valence-electron chi connectivity index (χ4n) is 3.68. The maximum Gasteiger partial charge on any atom is 0.251 e. The summed E-state index contributed by atoms with van der Waals surface area (Å²) in [7, 11) is 0. The van der Waals surface area contributed by atoms with E-state index in [0.717, 1.165) is 51.9 Å². The van der Waals surface area contributed by atoms with Gasteiger partial charge in [0.15, 0.2) is 0 Å². The summed E-state index contributed by atoms with van der Waals surface area (Å²) in [6.07, 6.45) is 4.18. The van der Waals surface area contributed by atoms with Crippen LogP contribution in [0.3, 0.4) is 0 Å². The van der Waals surface area contributed by atoms with E-state index in [2.05, 4.69) is 10.6 Å². The molecule has 0 aliphatic carbocycles. The number of nitrogens with one attached hydrogen (secondary N) is 2. The molecule has 1 aromatic carbocycles. The number of likely N-dealkylation sites (tertiary alicyclic amines) is 1. The number of rotatable bonds is 4. The molecule has 2 aliphatic heterocycles. The molecular formula is C19H27N3O2. The lowest BCUT2D eigenvalue weighted by Crippen LogP contribution is -2.48. The fraction of sp³-hybridized carbons (Fsp3) is 0.579. The zero-order chi connectivity index (χ0) is 16.8. The number of nitrogens with zero attached hydrogens (tertiary/aromatic N) is 1. The first kappa shape index (κ1) is 17.0. The van der Waals surface area contributed by atoms with E-state index in [-0.39, 0.29) is 11.8 Å². The molecule has 2 aliphatic rings. The lowest BCUT2D eigenvalue weighted by molar-refractivity contribution is -0.137.